The quantitative estimate of drug-likeness (QED) is 0.921. The standard InChI is InChI=1S/C14H18N4O2S/c1-10(17-21(2,19)20)14-15-9-16-18(14)13-7-11-5-3-4-6-12(11)8-13/h3-6,9-10,13,17H,7-8H2,1-2H3/t10-/m0/s1. The molecule has 0 saturated carbocycles. The highest BCUT2D eigenvalue weighted by molar-refractivity contribution is 7.88. The van der Waals surface area contributed by atoms with Crippen LogP contribution in [0.25, 0.3) is 0 Å². The van der Waals surface area contributed by atoms with Crippen LogP contribution in [0.4, 0.5) is 0 Å². The Morgan fingerprint density at radius 1 is 1.29 bits per heavy atom. The number of hydrogen-bond acceptors (Lipinski definition) is 4. The second-order valence-corrected chi connectivity index (χ2v) is 7.29. The van der Waals surface area contributed by atoms with Crippen LogP contribution in [0, 0.1) is 0 Å². The van der Waals surface area contributed by atoms with Gasteiger partial charge in [0.05, 0.1) is 18.3 Å². The number of aromatic nitrogens is 3. The summed E-state index contributed by atoms with van der Waals surface area (Å²) in [5, 5.41) is 4.30. The molecule has 1 aliphatic rings. The summed E-state index contributed by atoms with van der Waals surface area (Å²) in [6, 6.07) is 8.14. The molecule has 0 radical (unpaired) electrons. The lowest BCUT2D eigenvalue weighted by Gasteiger charge is -2.17. The third-order valence-corrected chi connectivity index (χ3v) is 4.54. The Labute approximate surface area is 124 Å². The van der Waals surface area contributed by atoms with Crippen molar-refractivity contribution in [1.82, 2.24) is 19.5 Å². The normalized spacial score (nSPS) is 16.9. The molecule has 6 nitrogen and oxygen atoms in total. The van der Waals surface area contributed by atoms with E-state index < -0.39 is 16.1 Å². The van der Waals surface area contributed by atoms with Gasteiger partial charge in [-0.3, -0.25) is 0 Å². The van der Waals surface area contributed by atoms with Gasteiger partial charge in [-0.25, -0.2) is 22.8 Å². The predicted octanol–water partition coefficient (Wildman–Crippen LogP) is 1.23. The number of nitrogens with zero attached hydrogens (tertiary/aromatic N) is 3. The van der Waals surface area contributed by atoms with Crippen LogP contribution in [0.15, 0.2) is 30.6 Å². The lowest BCUT2D eigenvalue weighted by atomic mass is 10.1. The molecule has 1 atom stereocenters. The molecule has 0 bridgehead atoms. The molecule has 0 amide bonds. The van der Waals surface area contributed by atoms with Crippen LogP contribution in [-0.4, -0.2) is 29.4 Å². The molecule has 112 valence electrons. The van der Waals surface area contributed by atoms with Crippen molar-refractivity contribution in [1.29, 1.82) is 0 Å². The molecule has 1 heterocycles. The van der Waals surface area contributed by atoms with Crippen LogP contribution in [-0.2, 0) is 22.9 Å². The maximum atomic E-state index is 11.4. The molecule has 1 N–H and O–H groups in total. The molecule has 1 aromatic carbocycles. The highest BCUT2D eigenvalue weighted by atomic mass is 32.2. The van der Waals surface area contributed by atoms with Crippen molar-refractivity contribution in [2.45, 2.75) is 31.8 Å². The average Bonchev–Trinajstić information content (AvgIpc) is 3.02. The Morgan fingerprint density at radius 2 is 1.90 bits per heavy atom. The summed E-state index contributed by atoms with van der Waals surface area (Å²) in [5.41, 5.74) is 2.65. The molecule has 2 aromatic rings. The minimum atomic E-state index is -3.27. The average molecular weight is 306 g/mol. The van der Waals surface area contributed by atoms with Crippen LogP contribution in [0.3, 0.4) is 0 Å². The Bertz CT molecular complexity index is 729. The van der Waals surface area contributed by atoms with Crippen molar-refractivity contribution in [2.24, 2.45) is 0 Å². The molecule has 1 aromatic heterocycles. The number of sulfonamides is 1. The summed E-state index contributed by atoms with van der Waals surface area (Å²) in [7, 11) is -3.27. The van der Waals surface area contributed by atoms with Gasteiger partial charge in [-0.05, 0) is 30.9 Å². The molecular formula is C14H18N4O2S. The first kappa shape index (κ1) is 14.2. The largest absolute Gasteiger partial charge is 0.245 e. The van der Waals surface area contributed by atoms with E-state index in [0.717, 1.165) is 19.1 Å². The minimum Gasteiger partial charge on any atom is -0.245 e. The fraction of sp³-hybridized carbons (Fsp3) is 0.429. The third-order valence-electron chi connectivity index (χ3n) is 3.75. The van der Waals surface area contributed by atoms with Gasteiger partial charge in [-0.1, -0.05) is 24.3 Å². The van der Waals surface area contributed by atoms with Crippen molar-refractivity contribution >= 4 is 10.0 Å². The second kappa shape index (κ2) is 5.23. The number of benzene rings is 1. The van der Waals surface area contributed by atoms with Crippen molar-refractivity contribution in [2.75, 3.05) is 6.26 Å². The molecule has 21 heavy (non-hydrogen) atoms. The van der Waals surface area contributed by atoms with Crippen LogP contribution in [0.5, 0.6) is 0 Å². The minimum absolute atomic E-state index is 0.198. The Hall–Kier alpha value is -1.73. The van der Waals surface area contributed by atoms with E-state index in [1.54, 1.807) is 6.92 Å². The van der Waals surface area contributed by atoms with Gasteiger partial charge in [0.1, 0.15) is 12.2 Å². The van der Waals surface area contributed by atoms with Gasteiger partial charge in [-0.2, -0.15) is 5.10 Å². The van der Waals surface area contributed by atoms with Crippen molar-refractivity contribution in [3.8, 4) is 0 Å². The van der Waals surface area contributed by atoms with Crippen LogP contribution >= 0.6 is 0 Å². The summed E-state index contributed by atoms with van der Waals surface area (Å²) in [5.74, 6) is 0.651. The second-order valence-electron chi connectivity index (χ2n) is 5.51. The van der Waals surface area contributed by atoms with E-state index in [-0.39, 0.29) is 6.04 Å². The van der Waals surface area contributed by atoms with Crippen LogP contribution in [0.2, 0.25) is 0 Å². The first-order valence-electron chi connectivity index (χ1n) is 6.87. The predicted molar refractivity (Wildman–Crippen MR) is 79.3 cm³/mol. The zero-order chi connectivity index (χ0) is 15.0. The van der Waals surface area contributed by atoms with Gasteiger partial charge in [-0.15, -0.1) is 0 Å². The fourth-order valence-electron chi connectivity index (χ4n) is 2.93. The zero-order valence-electron chi connectivity index (χ0n) is 12.0. The fourth-order valence-corrected chi connectivity index (χ4v) is 3.68. The van der Waals surface area contributed by atoms with Crippen molar-refractivity contribution in [3.05, 3.63) is 47.5 Å². The molecule has 0 spiro atoms. The summed E-state index contributed by atoms with van der Waals surface area (Å²) in [6.45, 7) is 1.78. The van der Waals surface area contributed by atoms with Crippen LogP contribution in [0.1, 0.15) is 36.0 Å². The lowest BCUT2D eigenvalue weighted by molar-refractivity contribution is 0.435. The number of rotatable bonds is 4. The SMILES string of the molecule is C[C@H](NS(C)(=O)=O)c1ncnn1C1Cc2ccccc2C1. The Balaban J connectivity index is 1.84. The summed E-state index contributed by atoms with van der Waals surface area (Å²) < 4.78 is 27.2. The van der Waals surface area contributed by atoms with E-state index in [1.165, 1.54) is 17.5 Å². The maximum Gasteiger partial charge on any atom is 0.209 e. The molecule has 1 aliphatic carbocycles. The zero-order valence-corrected chi connectivity index (χ0v) is 12.8. The van der Waals surface area contributed by atoms with E-state index in [4.69, 9.17) is 0 Å². The van der Waals surface area contributed by atoms with Gasteiger partial charge in [0.15, 0.2) is 0 Å². The summed E-state index contributed by atoms with van der Waals surface area (Å²) in [4.78, 5) is 4.23. The maximum absolute atomic E-state index is 11.4. The molecule has 7 heteroatoms. The topological polar surface area (TPSA) is 76.9 Å². The molecule has 0 aliphatic heterocycles. The monoisotopic (exact) mass is 306 g/mol. The molecular weight excluding hydrogens is 288 g/mol. The van der Waals surface area contributed by atoms with Crippen molar-refractivity contribution < 1.29 is 8.42 Å². The molecule has 0 saturated heterocycles. The number of fused-ring (bicyclic) bond motifs is 1. The molecule has 3 rings (SSSR count). The Kier molecular flexibility index (Phi) is 3.54. The van der Waals surface area contributed by atoms with Gasteiger partial charge >= 0.3 is 0 Å². The first-order valence-corrected chi connectivity index (χ1v) is 8.76. The number of hydrogen-bond donors (Lipinski definition) is 1. The highest BCUT2D eigenvalue weighted by Crippen LogP contribution is 2.30. The number of nitrogens with one attached hydrogen (secondary N) is 1. The van der Waals surface area contributed by atoms with E-state index >= 15 is 0 Å². The van der Waals surface area contributed by atoms with Gasteiger partial charge in [0, 0.05) is 0 Å². The van der Waals surface area contributed by atoms with E-state index in [1.807, 2.05) is 16.8 Å². The summed E-state index contributed by atoms with van der Waals surface area (Å²) >= 11 is 0. The summed E-state index contributed by atoms with van der Waals surface area (Å²) in [6.07, 6.45) is 4.44. The van der Waals surface area contributed by atoms with Gasteiger partial charge in [0.2, 0.25) is 10.0 Å². The van der Waals surface area contributed by atoms with Gasteiger partial charge in [0.25, 0.3) is 0 Å². The van der Waals surface area contributed by atoms with Crippen LogP contribution < -0.4 is 4.72 Å². The first-order chi connectivity index (χ1) is 9.94. The van der Waals surface area contributed by atoms with E-state index in [2.05, 4.69) is 26.9 Å². The van der Waals surface area contributed by atoms with Crippen molar-refractivity contribution in [3.63, 3.8) is 0 Å². The third kappa shape index (κ3) is 2.98. The lowest BCUT2D eigenvalue weighted by Crippen LogP contribution is -2.29. The van der Waals surface area contributed by atoms with E-state index in [0.29, 0.717) is 5.82 Å². The molecule has 0 unspecified atom stereocenters. The molecule has 0 fully saturated rings. The Morgan fingerprint density at radius 3 is 2.48 bits per heavy atom. The highest BCUT2D eigenvalue weighted by Gasteiger charge is 2.27. The van der Waals surface area contributed by atoms with Gasteiger partial charge < -0.3 is 0 Å². The smallest absolute Gasteiger partial charge is 0.209 e. The van der Waals surface area contributed by atoms with E-state index in [9.17, 15) is 8.42 Å².